The Balaban J connectivity index is 1.33. The SMILES string of the molecule is CC(=O)Nc1cccc(-c2ccc3nc(-c4cccnc4N)n(-c4ccc(Cc5c(F)cc(C(N)=O)c6sc(C(N)=O)nc56)cc4)c3n2)c1. The van der Waals surface area contributed by atoms with Crippen LogP contribution in [0.5, 0.6) is 0 Å². The van der Waals surface area contributed by atoms with E-state index < -0.39 is 17.6 Å². The third kappa shape index (κ3) is 5.80. The zero-order valence-corrected chi connectivity index (χ0v) is 26.6. The standard InChI is InChI=1S/C35H26FN9O3S/c1-17(46)41-20-5-2-4-19(15-20)26-11-12-27-34(42-26)45(33(43-27)22-6-3-13-40-30(22)37)21-9-7-18(8-10-21)14-23-25(36)16-24(31(38)47)29-28(23)44-35(49-29)32(39)48/h2-13,15-16H,14H2,1H3,(H2,37,40)(H2,38,47)(H2,39,48)(H,41,46). The number of benzene rings is 3. The monoisotopic (exact) mass is 671 g/mol. The van der Waals surface area contributed by atoms with E-state index in [1.165, 1.54) is 6.92 Å². The van der Waals surface area contributed by atoms with Gasteiger partial charge < -0.3 is 22.5 Å². The van der Waals surface area contributed by atoms with Crippen molar-refractivity contribution in [2.75, 3.05) is 11.1 Å². The molecule has 0 radical (unpaired) electrons. The lowest BCUT2D eigenvalue weighted by Crippen LogP contribution is -2.12. The molecule has 0 saturated carbocycles. The minimum absolute atomic E-state index is 0.0531. The molecule has 0 atom stereocenters. The summed E-state index contributed by atoms with van der Waals surface area (Å²) in [5.74, 6) is -1.69. The van der Waals surface area contributed by atoms with Crippen molar-refractivity contribution in [1.82, 2.24) is 24.5 Å². The molecule has 0 saturated heterocycles. The highest BCUT2D eigenvalue weighted by Crippen LogP contribution is 2.34. The summed E-state index contributed by atoms with van der Waals surface area (Å²) in [6, 6.07) is 23.1. The molecule has 0 unspecified atom stereocenters. The number of hydrogen-bond donors (Lipinski definition) is 4. The van der Waals surface area contributed by atoms with Crippen molar-refractivity contribution < 1.29 is 18.8 Å². The molecule has 4 heterocycles. The normalized spacial score (nSPS) is 11.2. The molecule has 3 amide bonds. The van der Waals surface area contributed by atoms with Gasteiger partial charge in [0.05, 0.1) is 27.0 Å². The van der Waals surface area contributed by atoms with Gasteiger partial charge in [-0.25, -0.2) is 24.3 Å². The highest BCUT2D eigenvalue weighted by atomic mass is 32.1. The summed E-state index contributed by atoms with van der Waals surface area (Å²) in [6.07, 6.45) is 1.70. The molecule has 0 fully saturated rings. The number of nitrogen functional groups attached to an aromatic ring is 1. The van der Waals surface area contributed by atoms with Crippen LogP contribution in [0.4, 0.5) is 15.9 Å². The number of hydrogen-bond acceptors (Lipinski definition) is 9. The van der Waals surface area contributed by atoms with Crippen LogP contribution in [0.15, 0.2) is 85.1 Å². The molecule has 0 aliphatic heterocycles. The number of amides is 3. The van der Waals surface area contributed by atoms with Crippen molar-refractivity contribution in [1.29, 1.82) is 0 Å². The molecular formula is C35H26FN9O3S. The summed E-state index contributed by atoms with van der Waals surface area (Å²) < 4.78 is 17.6. The van der Waals surface area contributed by atoms with Crippen LogP contribution in [0, 0.1) is 5.82 Å². The van der Waals surface area contributed by atoms with Gasteiger partial charge in [-0.05, 0) is 60.2 Å². The molecule has 49 heavy (non-hydrogen) atoms. The molecule has 14 heteroatoms. The Hall–Kier alpha value is -6.54. The molecule has 0 spiro atoms. The number of aromatic nitrogens is 5. The highest BCUT2D eigenvalue weighted by Gasteiger charge is 2.23. The number of carbonyl (C=O) groups is 3. The third-order valence-electron chi connectivity index (χ3n) is 7.83. The average Bonchev–Trinajstić information content (AvgIpc) is 3.69. The number of thiazole rings is 1. The molecule has 7 aromatic rings. The zero-order valence-electron chi connectivity index (χ0n) is 25.8. The maximum atomic E-state index is 15.4. The molecule has 0 bridgehead atoms. The van der Waals surface area contributed by atoms with E-state index in [9.17, 15) is 14.4 Å². The summed E-state index contributed by atoms with van der Waals surface area (Å²) in [5, 5.41) is 2.74. The second-order valence-corrected chi connectivity index (χ2v) is 12.2. The first-order chi connectivity index (χ1) is 23.6. The van der Waals surface area contributed by atoms with Gasteiger partial charge in [-0.15, -0.1) is 11.3 Å². The Labute approximate surface area is 281 Å². The molecule has 7 rings (SSSR count). The van der Waals surface area contributed by atoms with E-state index in [-0.39, 0.29) is 39.8 Å². The lowest BCUT2D eigenvalue weighted by molar-refractivity contribution is -0.114. The van der Waals surface area contributed by atoms with Crippen molar-refractivity contribution in [3.63, 3.8) is 0 Å². The van der Waals surface area contributed by atoms with E-state index in [0.29, 0.717) is 44.3 Å². The second kappa shape index (κ2) is 12.2. The molecular weight excluding hydrogens is 646 g/mol. The van der Waals surface area contributed by atoms with Gasteiger partial charge in [-0.1, -0.05) is 24.3 Å². The molecule has 242 valence electrons. The Morgan fingerprint density at radius 3 is 2.43 bits per heavy atom. The van der Waals surface area contributed by atoms with Crippen molar-refractivity contribution >= 4 is 61.9 Å². The Morgan fingerprint density at radius 1 is 0.918 bits per heavy atom. The van der Waals surface area contributed by atoms with Crippen molar-refractivity contribution in [3.05, 3.63) is 113 Å². The van der Waals surface area contributed by atoms with E-state index in [0.717, 1.165) is 28.5 Å². The fourth-order valence-corrected chi connectivity index (χ4v) is 6.60. The number of pyridine rings is 2. The minimum atomic E-state index is -0.839. The number of nitrogens with zero attached hydrogens (tertiary/aromatic N) is 5. The first-order valence-corrected chi connectivity index (χ1v) is 15.7. The van der Waals surface area contributed by atoms with Crippen LogP contribution < -0.4 is 22.5 Å². The fourth-order valence-electron chi connectivity index (χ4n) is 5.63. The van der Waals surface area contributed by atoms with E-state index >= 15 is 4.39 Å². The highest BCUT2D eigenvalue weighted by molar-refractivity contribution is 7.20. The number of nitrogens with one attached hydrogen (secondary N) is 1. The van der Waals surface area contributed by atoms with Gasteiger partial charge in [-0.2, -0.15) is 0 Å². The van der Waals surface area contributed by atoms with E-state index in [1.807, 2.05) is 65.2 Å². The summed E-state index contributed by atoms with van der Waals surface area (Å²) in [7, 11) is 0. The van der Waals surface area contributed by atoms with Crippen LogP contribution >= 0.6 is 11.3 Å². The molecule has 3 aromatic carbocycles. The molecule has 12 nitrogen and oxygen atoms in total. The van der Waals surface area contributed by atoms with Gasteiger partial charge >= 0.3 is 0 Å². The van der Waals surface area contributed by atoms with Crippen molar-refractivity contribution in [2.24, 2.45) is 11.5 Å². The molecule has 7 N–H and O–H groups in total. The van der Waals surface area contributed by atoms with Gasteiger partial charge in [-0.3, -0.25) is 19.0 Å². The van der Waals surface area contributed by atoms with Gasteiger partial charge in [0.25, 0.3) is 5.91 Å². The third-order valence-corrected chi connectivity index (χ3v) is 8.93. The molecule has 4 aromatic heterocycles. The van der Waals surface area contributed by atoms with Crippen molar-refractivity contribution in [3.8, 4) is 28.3 Å². The van der Waals surface area contributed by atoms with Crippen LogP contribution in [0.1, 0.15) is 38.2 Å². The number of fused-ring (bicyclic) bond motifs is 2. The second-order valence-electron chi connectivity index (χ2n) is 11.2. The Morgan fingerprint density at radius 2 is 1.71 bits per heavy atom. The largest absolute Gasteiger partial charge is 0.383 e. The number of imidazole rings is 1. The van der Waals surface area contributed by atoms with E-state index in [2.05, 4.69) is 15.3 Å². The lowest BCUT2D eigenvalue weighted by Gasteiger charge is -2.12. The summed E-state index contributed by atoms with van der Waals surface area (Å²) >= 11 is 0.895. The van der Waals surface area contributed by atoms with Crippen LogP contribution in [0.25, 0.3) is 49.7 Å². The molecule has 0 aliphatic rings. The van der Waals surface area contributed by atoms with Gasteiger partial charge in [0, 0.05) is 42.0 Å². The van der Waals surface area contributed by atoms with Gasteiger partial charge in [0.2, 0.25) is 11.8 Å². The summed E-state index contributed by atoms with van der Waals surface area (Å²) in [5.41, 5.74) is 22.8. The minimum Gasteiger partial charge on any atom is -0.383 e. The number of primary amides is 2. The number of anilines is 2. The van der Waals surface area contributed by atoms with Crippen LogP contribution in [-0.2, 0) is 11.2 Å². The van der Waals surface area contributed by atoms with Crippen LogP contribution in [0.3, 0.4) is 0 Å². The first-order valence-electron chi connectivity index (χ1n) is 14.9. The van der Waals surface area contributed by atoms with Crippen LogP contribution in [-0.4, -0.2) is 42.2 Å². The van der Waals surface area contributed by atoms with Gasteiger partial charge in [0.15, 0.2) is 16.5 Å². The van der Waals surface area contributed by atoms with Crippen LogP contribution in [0.2, 0.25) is 0 Å². The maximum absolute atomic E-state index is 15.4. The molecule has 0 aliphatic carbocycles. The number of carbonyl (C=O) groups excluding carboxylic acids is 3. The van der Waals surface area contributed by atoms with E-state index in [4.69, 9.17) is 27.2 Å². The van der Waals surface area contributed by atoms with E-state index in [1.54, 1.807) is 18.3 Å². The average molecular weight is 672 g/mol. The maximum Gasteiger partial charge on any atom is 0.277 e. The zero-order chi connectivity index (χ0) is 34.4. The topological polar surface area (TPSA) is 198 Å². The smallest absolute Gasteiger partial charge is 0.277 e. The number of nitrogens with two attached hydrogens (primary N) is 3. The van der Waals surface area contributed by atoms with Gasteiger partial charge in [0.1, 0.15) is 17.2 Å². The predicted octanol–water partition coefficient (Wildman–Crippen LogP) is 5.23. The lowest BCUT2D eigenvalue weighted by atomic mass is 10.0. The van der Waals surface area contributed by atoms with Crippen molar-refractivity contribution in [2.45, 2.75) is 13.3 Å². The summed E-state index contributed by atoms with van der Waals surface area (Å²) in [4.78, 5) is 53.9. The first kappa shape index (κ1) is 31.1. The summed E-state index contributed by atoms with van der Waals surface area (Å²) in [6.45, 7) is 1.45. The quantitative estimate of drug-likeness (QED) is 0.168. The predicted molar refractivity (Wildman–Crippen MR) is 186 cm³/mol. The Bertz CT molecular complexity index is 2470. The number of rotatable bonds is 8. The Kier molecular flexibility index (Phi) is 7.76. The number of halogens is 1. The fraction of sp³-hybridized carbons (Fsp3) is 0.0571.